The average molecular weight is 331 g/mol. The standard InChI is InChI=1S/C14H16F3N3O3/c1-9-4-5-10(11(7-9)23-8-14(15,16)17)18-13(22)19-20-6-2-3-12(20)21/h4-5,7H,2-3,6,8H2,1H3,(H2,18,19,22). The summed E-state index contributed by atoms with van der Waals surface area (Å²) in [5.41, 5.74) is 3.12. The number of ether oxygens (including phenoxy) is 1. The maximum absolute atomic E-state index is 12.3. The summed E-state index contributed by atoms with van der Waals surface area (Å²) in [6.07, 6.45) is -3.49. The Morgan fingerprint density at radius 3 is 2.74 bits per heavy atom. The maximum atomic E-state index is 12.3. The van der Waals surface area contributed by atoms with Crippen LogP contribution in [-0.2, 0) is 4.79 Å². The molecule has 1 fully saturated rings. The number of nitrogens with zero attached hydrogens (tertiary/aromatic N) is 1. The summed E-state index contributed by atoms with van der Waals surface area (Å²) in [5, 5.41) is 3.55. The molecule has 0 unspecified atom stereocenters. The molecule has 0 radical (unpaired) electrons. The van der Waals surface area contributed by atoms with Crippen molar-refractivity contribution in [1.29, 1.82) is 0 Å². The Morgan fingerprint density at radius 1 is 1.39 bits per heavy atom. The van der Waals surface area contributed by atoms with E-state index in [2.05, 4.69) is 10.7 Å². The molecule has 1 heterocycles. The first-order chi connectivity index (χ1) is 10.7. The summed E-state index contributed by atoms with van der Waals surface area (Å²) in [5.74, 6) is -0.303. The van der Waals surface area contributed by atoms with E-state index >= 15 is 0 Å². The van der Waals surface area contributed by atoms with Gasteiger partial charge in [0.05, 0.1) is 5.69 Å². The van der Waals surface area contributed by atoms with Crippen LogP contribution < -0.4 is 15.5 Å². The minimum Gasteiger partial charge on any atom is -0.482 e. The number of halogens is 3. The van der Waals surface area contributed by atoms with E-state index in [4.69, 9.17) is 4.74 Å². The number of nitrogens with one attached hydrogen (secondary N) is 2. The summed E-state index contributed by atoms with van der Waals surface area (Å²) in [6.45, 7) is 0.627. The van der Waals surface area contributed by atoms with Crippen molar-refractivity contribution in [3.8, 4) is 5.75 Å². The van der Waals surface area contributed by atoms with Gasteiger partial charge in [0.1, 0.15) is 5.75 Å². The molecule has 126 valence electrons. The van der Waals surface area contributed by atoms with E-state index in [0.717, 1.165) is 0 Å². The fraction of sp³-hybridized carbons (Fsp3) is 0.429. The van der Waals surface area contributed by atoms with Crippen molar-refractivity contribution >= 4 is 17.6 Å². The second-order valence-electron chi connectivity index (χ2n) is 5.12. The number of hydrogen-bond acceptors (Lipinski definition) is 3. The summed E-state index contributed by atoms with van der Waals surface area (Å²) < 4.78 is 41.6. The zero-order valence-corrected chi connectivity index (χ0v) is 12.4. The first-order valence-corrected chi connectivity index (χ1v) is 6.93. The van der Waals surface area contributed by atoms with Crippen LogP contribution in [0.3, 0.4) is 0 Å². The van der Waals surface area contributed by atoms with E-state index in [1.165, 1.54) is 17.1 Å². The highest BCUT2D eigenvalue weighted by molar-refractivity contribution is 5.92. The molecule has 2 N–H and O–H groups in total. The largest absolute Gasteiger partial charge is 0.482 e. The highest BCUT2D eigenvalue weighted by Crippen LogP contribution is 2.28. The second-order valence-corrected chi connectivity index (χ2v) is 5.12. The van der Waals surface area contributed by atoms with Crippen LogP contribution in [0.4, 0.5) is 23.7 Å². The third kappa shape index (κ3) is 5.04. The van der Waals surface area contributed by atoms with Crippen LogP contribution in [0.5, 0.6) is 5.75 Å². The minimum atomic E-state index is -4.48. The predicted molar refractivity (Wildman–Crippen MR) is 75.8 cm³/mol. The van der Waals surface area contributed by atoms with Gasteiger partial charge in [-0.15, -0.1) is 0 Å². The number of carbonyl (C=O) groups excluding carboxylic acids is 2. The molecule has 0 aliphatic carbocycles. The fourth-order valence-electron chi connectivity index (χ4n) is 2.05. The van der Waals surface area contributed by atoms with Gasteiger partial charge in [-0.2, -0.15) is 13.2 Å². The van der Waals surface area contributed by atoms with Gasteiger partial charge >= 0.3 is 12.2 Å². The Bertz CT molecular complexity index is 605. The Balaban J connectivity index is 2.03. The number of alkyl halides is 3. The highest BCUT2D eigenvalue weighted by Gasteiger charge is 2.29. The molecule has 0 atom stereocenters. The summed E-state index contributed by atoms with van der Waals surface area (Å²) in [6, 6.07) is 3.73. The lowest BCUT2D eigenvalue weighted by Crippen LogP contribution is -2.45. The predicted octanol–water partition coefficient (Wildman–Crippen LogP) is 2.60. The van der Waals surface area contributed by atoms with Gasteiger partial charge in [-0.25, -0.2) is 10.2 Å². The van der Waals surface area contributed by atoms with Crippen LogP contribution in [0.15, 0.2) is 18.2 Å². The first-order valence-electron chi connectivity index (χ1n) is 6.93. The average Bonchev–Trinajstić information content (AvgIpc) is 2.83. The van der Waals surface area contributed by atoms with Gasteiger partial charge in [0, 0.05) is 13.0 Å². The number of amides is 3. The van der Waals surface area contributed by atoms with Gasteiger partial charge in [0.15, 0.2) is 6.61 Å². The van der Waals surface area contributed by atoms with E-state index < -0.39 is 18.8 Å². The molecule has 1 aliphatic heterocycles. The van der Waals surface area contributed by atoms with E-state index in [1.54, 1.807) is 13.0 Å². The van der Waals surface area contributed by atoms with E-state index in [9.17, 15) is 22.8 Å². The SMILES string of the molecule is Cc1ccc(NC(=O)NN2CCCC2=O)c(OCC(F)(F)F)c1. The molecule has 2 rings (SSSR count). The van der Waals surface area contributed by atoms with Crippen LogP contribution in [0.2, 0.25) is 0 Å². The molecule has 1 aromatic carbocycles. The normalized spacial score (nSPS) is 14.8. The van der Waals surface area contributed by atoms with Gasteiger partial charge in [0.2, 0.25) is 5.91 Å². The molecule has 1 aliphatic rings. The summed E-state index contributed by atoms with van der Waals surface area (Å²) in [4.78, 5) is 23.3. The second kappa shape index (κ2) is 6.76. The van der Waals surface area contributed by atoms with Crippen LogP contribution in [0.1, 0.15) is 18.4 Å². The number of carbonyl (C=O) groups is 2. The van der Waals surface area contributed by atoms with E-state index in [-0.39, 0.29) is 17.3 Å². The topological polar surface area (TPSA) is 70.7 Å². The number of rotatable bonds is 4. The Labute approximate surface area is 130 Å². The third-order valence-electron chi connectivity index (χ3n) is 3.09. The molecule has 3 amide bonds. The van der Waals surface area contributed by atoms with Crippen LogP contribution >= 0.6 is 0 Å². The number of hydrogen-bond donors (Lipinski definition) is 2. The zero-order valence-electron chi connectivity index (χ0n) is 12.4. The van der Waals surface area contributed by atoms with Crippen LogP contribution in [0.25, 0.3) is 0 Å². The lowest BCUT2D eigenvalue weighted by molar-refractivity contribution is -0.153. The van der Waals surface area contributed by atoms with Crippen molar-refractivity contribution in [2.24, 2.45) is 0 Å². The van der Waals surface area contributed by atoms with Gasteiger partial charge < -0.3 is 10.1 Å². The molecule has 0 bridgehead atoms. The van der Waals surface area contributed by atoms with Gasteiger partial charge in [-0.05, 0) is 31.0 Å². The lowest BCUT2D eigenvalue weighted by Gasteiger charge is -2.19. The van der Waals surface area contributed by atoms with Crippen molar-refractivity contribution in [2.45, 2.75) is 25.9 Å². The maximum Gasteiger partial charge on any atom is 0.422 e. The van der Waals surface area contributed by atoms with Crippen LogP contribution in [-0.4, -0.2) is 36.3 Å². The first kappa shape index (κ1) is 16.9. The molecule has 6 nitrogen and oxygen atoms in total. The molecule has 9 heteroatoms. The number of aryl methyl sites for hydroxylation is 1. The quantitative estimate of drug-likeness (QED) is 0.891. The molecule has 1 aromatic rings. The minimum absolute atomic E-state index is 0.0870. The van der Waals surface area contributed by atoms with Gasteiger partial charge in [-0.3, -0.25) is 9.80 Å². The smallest absolute Gasteiger partial charge is 0.422 e. The van der Waals surface area contributed by atoms with Crippen molar-refractivity contribution in [2.75, 3.05) is 18.5 Å². The number of hydrazine groups is 1. The van der Waals surface area contributed by atoms with Gasteiger partial charge in [-0.1, -0.05) is 6.07 Å². The highest BCUT2D eigenvalue weighted by atomic mass is 19.4. The molecule has 0 spiro atoms. The molecular weight excluding hydrogens is 315 g/mol. The molecule has 0 saturated carbocycles. The van der Waals surface area contributed by atoms with Crippen molar-refractivity contribution in [3.05, 3.63) is 23.8 Å². The summed E-state index contributed by atoms with van der Waals surface area (Å²) in [7, 11) is 0. The third-order valence-corrected chi connectivity index (χ3v) is 3.09. The van der Waals surface area contributed by atoms with Crippen molar-refractivity contribution < 1.29 is 27.5 Å². The molecule has 0 aromatic heterocycles. The fourth-order valence-corrected chi connectivity index (χ4v) is 2.05. The molecule has 1 saturated heterocycles. The van der Waals surface area contributed by atoms with E-state index in [0.29, 0.717) is 24.9 Å². The Hall–Kier alpha value is -2.45. The van der Waals surface area contributed by atoms with Crippen LogP contribution in [0, 0.1) is 6.92 Å². The molecular formula is C14H16F3N3O3. The monoisotopic (exact) mass is 331 g/mol. The summed E-state index contributed by atoms with van der Waals surface area (Å²) >= 11 is 0. The Morgan fingerprint density at radius 2 is 2.13 bits per heavy atom. The molecule has 23 heavy (non-hydrogen) atoms. The lowest BCUT2D eigenvalue weighted by atomic mass is 10.2. The Kier molecular flexibility index (Phi) is 4.97. The van der Waals surface area contributed by atoms with Gasteiger partial charge in [0.25, 0.3) is 0 Å². The van der Waals surface area contributed by atoms with Crippen molar-refractivity contribution in [1.82, 2.24) is 10.4 Å². The van der Waals surface area contributed by atoms with E-state index in [1.807, 2.05) is 0 Å². The number of urea groups is 1. The number of benzene rings is 1. The van der Waals surface area contributed by atoms with Crippen molar-refractivity contribution in [3.63, 3.8) is 0 Å². The zero-order chi connectivity index (χ0) is 17.0. The number of anilines is 1.